The number of alkyl halides is 3. The Morgan fingerprint density at radius 3 is 2.47 bits per heavy atom. The average Bonchev–Trinajstić information content (AvgIpc) is 3.13. The molecule has 2 aromatic carbocycles. The lowest BCUT2D eigenvalue weighted by Crippen LogP contribution is -2.41. The van der Waals surface area contributed by atoms with E-state index in [4.69, 9.17) is 17.3 Å². The number of nitrogens with zero attached hydrogens (tertiary/aromatic N) is 3. The van der Waals surface area contributed by atoms with Crippen LogP contribution in [0.4, 0.5) is 32.4 Å². The van der Waals surface area contributed by atoms with Crippen molar-refractivity contribution in [3.63, 3.8) is 0 Å². The van der Waals surface area contributed by atoms with E-state index >= 15 is 0 Å². The van der Waals surface area contributed by atoms with Gasteiger partial charge in [-0.3, -0.25) is 9.48 Å². The topological polar surface area (TPSA) is 93.2 Å². The van der Waals surface area contributed by atoms with Crippen LogP contribution in [0.3, 0.4) is 0 Å². The van der Waals surface area contributed by atoms with E-state index in [-0.39, 0.29) is 47.3 Å². The first kappa shape index (κ1) is 23.5. The van der Waals surface area contributed by atoms with Gasteiger partial charge in [0.15, 0.2) is 0 Å². The van der Waals surface area contributed by atoms with Crippen LogP contribution in [0.25, 0.3) is 11.3 Å². The maximum Gasteiger partial charge on any atom is 0.416 e. The van der Waals surface area contributed by atoms with Crippen molar-refractivity contribution in [2.24, 2.45) is 5.73 Å². The van der Waals surface area contributed by atoms with E-state index < -0.39 is 35.3 Å². The molecule has 3 amide bonds. The van der Waals surface area contributed by atoms with Gasteiger partial charge in [0, 0.05) is 17.8 Å². The van der Waals surface area contributed by atoms with E-state index in [1.54, 1.807) is 0 Å². The molecule has 0 aliphatic carbocycles. The Kier molecular flexibility index (Phi) is 5.94. The summed E-state index contributed by atoms with van der Waals surface area (Å²) < 4.78 is 67.5. The molecular weight excluding hydrogens is 485 g/mol. The van der Waals surface area contributed by atoms with E-state index in [0.29, 0.717) is 17.7 Å². The van der Waals surface area contributed by atoms with E-state index in [1.165, 1.54) is 21.7 Å². The van der Waals surface area contributed by atoms with Crippen LogP contribution in [0, 0.1) is 11.6 Å². The number of hydrogen-bond acceptors (Lipinski definition) is 3. The summed E-state index contributed by atoms with van der Waals surface area (Å²) in [6.45, 7) is 0.0617. The van der Waals surface area contributed by atoms with Crippen molar-refractivity contribution in [1.82, 2.24) is 14.7 Å². The smallest absolute Gasteiger partial charge is 0.365 e. The van der Waals surface area contributed by atoms with Gasteiger partial charge in [-0.05, 0) is 36.4 Å². The molecule has 0 saturated carbocycles. The number of urea groups is 1. The number of hydrogen-bond donors (Lipinski definition) is 2. The second kappa shape index (κ2) is 8.60. The predicted octanol–water partition coefficient (Wildman–Crippen LogP) is 4.65. The highest BCUT2D eigenvalue weighted by Gasteiger charge is 2.33. The normalized spacial score (nSPS) is 13.5. The van der Waals surface area contributed by atoms with Crippen LogP contribution in [0.5, 0.6) is 0 Å². The molecule has 1 aliphatic heterocycles. The molecule has 0 atom stereocenters. The number of carbonyl (C=O) groups is 2. The molecular formula is C21H15ClF5N5O2. The van der Waals surface area contributed by atoms with Gasteiger partial charge in [-0.1, -0.05) is 11.6 Å². The summed E-state index contributed by atoms with van der Waals surface area (Å²) in [5.41, 5.74) is 4.65. The SMILES string of the molecule is NC(=O)c1c(-c2ccc(F)c(Cl)c2)nn2c1CN(C(=O)Nc1cc(F)cc(C(F)(F)F)c1)CC2. The van der Waals surface area contributed by atoms with Gasteiger partial charge < -0.3 is 16.0 Å². The number of fused-ring (bicyclic) bond motifs is 1. The molecule has 3 aromatic rings. The molecule has 0 radical (unpaired) electrons. The summed E-state index contributed by atoms with van der Waals surface area (Å²) in [5.74, 6) is -2.68. The number of halogens is 6. The molecule has 7 nitrogen and oxygen atoms in total. The number of primary amides is 1. The van der Waals surface area contributed by atoms with Crippen molar-refractivity contribution in [3.8, 4) is 11.3 Å². The summed E-state index contributed by atoms with van der Waals surface area (Å²) in [4.78, 5) is 26.1. The monoisotopic (exact) mass is 499 g/mol. The van der Waals surface area contributed by atoms with Crippen LogP contribution in [0.15, 0.2) is 36.4 Å². The lowest BCUT2D eigenvalue weighted by atomic mass is 10.0. The minimum absolute atomic E-state index is 0.00899. The number of amides is 3. The molecule has 0 fully saturated rings. The van der Waals surface area contributed by atoms with Gasteiger partial charge in [0.05, 0.1) is 34.9 Å². The third kappa shape index (κ3) is 4.53. The minimum atomic E-state index is -4.80. The summed E-state index contributed by atoms with van der Waals surface area (Å²) in [6, 6.07) is 4.63. The van der Waals surface area contributed by atoms with Gasteiger partial charge in [-0.2, -0.15) is 18.3 Å². The molecule has 34 heavy (non-hydrogen) atoms. The molecule has 0 bridgehead atoms. The molecule has 178 valence electrons. The van der Waals surface area contributed by atoms with Crippen molar-refractivity contribution >= 4 is 29.2 Å². The quantitative estimate of drug-likeness (QED) is 0.514. The number of anilines is 1. The van der Waals surface area contributed by atoms with Crippen molar-refractivity contribution < 1.29 is 31.5 Å². The largest absolute Gasteiger partial charge is 0.416 e. The highest BCUT2D eigenvalue weighted by atomic mass is 35.5. The fourth-order valence-electron chi connectivity index (χ4n) is 3.62. The standard InChI is InChI=1S/C21H15ClF5N5O2/c22-14-5-10(1-2-15(14)24)18-17(19(28)33)16-9-31(3-4-32(16)30-18)20(34)29-13-7-11(21(25,26)27)6-12(23)8-13/h1-2,5-8H,3-4,9H2,(H2,28,33)(H,29,34). The van der Waals surface area contributed by atoms with Gasteiger partial charge >= 0.3 is 12.2 Å². The molecule has 2 heterocycles. The Morgan fingerprint density at radius 2 is 1.82 bits per heavy atom. The van der Waals surface area contributed by atoms with Gasteiger partial charge in [-0.15, -0.1) is 0 Å². The molecule has 4 rings (SSSR count). The van der Waals surface area contributed by atoms with Crippen LogP contribution >= 0.6 is 11.6 Å². The number of rotatable bonds is 3. The number of carbonyl (C=O) groups excluding carboxylic acids is 2. The van der Waals surface area contributed by atoms with E-state index in [1.807, 2.05) is 0 Å². The molecule has 1 aliphatic rings. The predicted molar refractivity (Wildman–Crippen MR) is 112 cm³/mol. The number of nitrogens with one attached hydrogen (secondary N) is 1. The zero-order valence-electron chi connectivity index (χ0n) is 17.1. The van der Waals surface area contributed by atoms with Crippen molar-refractivity contribution in [3.05, 3.63) is 69.9 Å². The fraction of sp³-hybridized carbons (Fsp3) is 0.190. The highest BCUT2D eigenvalue weighted by molar-refractivity contribution is 6.31. The van der Waals surface area contributed by atoms with Crippen molar-refractivity contribution in [1.29, 1.82) is 0 Å². The Morgan fingerprint density at radius 1 is 1.09 bits per heavy atom. The van der Waals surface area contributed by atoms with Crippen LogP contribution < -0.4 is 11.1 Å². The average molecular weight is 500 g/mol. The Bertz CT molecular complexity index is 1310. The van der Waals surface area contributed by atoms with E-state index in [2.05, 4.69) is 10.4 Å². The number of benzene rings is 2. The molecule has 0 spiro atoms. The third-order valence-electron chi connectivity index (χ3n) is 5.18. The molecule has 13 heteroatoms. The Hall–Kier alpha value is -3.67. The molecule has 3 N–H and O–H groups in total. The fourth-order valence-corrected chi connectivity index (χ4v) is 3.80. The lowest BCUT2D eigenvalue weighted by Gasteiger charge is -2.28. The van der Waals surface area contributed by atoms with E-state index in [9.17, 15) is 31.5 Å². The summed E-state index contributed by atoms with van der Waals surface area (Å²) >= 11 is 5.83. The van der Waals surface area contributed by atoms with Crippen LogP contribution in [0.1, 0.15) is 21.6 Å². The summed E-state index contributed by atoms with van der Waals surface area (Å²) in [6.07, 6.45) is -4.80. The minimum Gasteiger partial charge on any atom is -0.365 e. The first-order valence-electron chi connectivity index (χ1n) is 9.72. The Labute approximate surface area is 193 Å². The Balaban J connectivity index is 1.62. The van der Waals surface area contributed by atoms with Gasteiger partial charge in [-0.25, -0.2) is 13.6 Å². The second-order valence-electron chi connectivity index (χ2n) is 7.46. The third-order valence-corrected chi connectivity index (χ3v) is 5.47. The van der Waals surface area contributed by atoms with Gasteiger partial charge in [0.2, 0.25) is 0 Å². The zero-order chi connectivity index (χ0) is 24.8. The number of aromatic nitrogens is 2. The van der Waals surface area contributed by atoms with Crippen molar-refractivity contribution in [2.75, 3.05) is 11.9 Å². The van der Waals surface area contributed by atoms with Gasteiger partial charge in [0.25, 0.3) is 5.91 Å². The molecule has 1 aromatic heterocycles. The first-order chi connectivity index (χ1) is 15.9. The summed E-state index contributed by atoms with van der Waals surface area (Å²) in [5, 5.41) is 6.39. The molecule has 0 unspecified atom stereocenters. The second-order valence-corrected chi connectivity index (χ2v) is 7.87. The molecule has 0 saturated heterocycles. The maximum atomic E-state index is 13.6. The number of nitrogens with two attached hydrogens (primary N) is 1. The lowest BCUT2D eigenvalue weighted by molar-refractivity contribution is -0.137. The highest BCUT2D eigenvalue weighted by Crippen LogP contribution is 2.33. The maximum absolute atomic E-state index is 13.6. The van der Waals surface area contributed by atoms with Crippen molar-refractivity contribution in [2.45, 2.75) is 19.3 Å². The van der Waals surface area contributed by atoms with E-state index in [0.717, 1.165) is 12.1 Å². The zero-order valence-corrected chi connectivity index (χ0v) is 17.8. The summed E-state index contributed by atoms with van der Waals surface area (Å²) in [7, 11) is 0. The van der Waals surface area contributed by atoms with Crippen LogP contribution in [-0.2, 0) is 19.3 Å². The van der Waals surface area contributed by atoms with Crippen LogP contribution in [-0.4, -0.2) is 33.2 Å². The first-order valence-corrected chi connectivity index (χ1v) is 10.1. The van der Waals surface area contributed by atoms with Gasteiger partial charge in [0.1, 0.15) is 17.3 Å². The van der Waals surface area contributed by atoms with Crippen LogP contribution in [0.2, 0.25) is 5.02 Å².